The summed E-state index contributed by atoms with van der Waals surface area (Å²) < 4.78 is 0. The maximum absolute atomic E-state index is 12.6. The number of piperazine rings is 1. The third kappa shape index (κ3) is 3.58. The zero-order valence-electron chi connectivity index (χ0n) is 13.2. The summed E-state index contributed by atoms with van der Waals surface area (Å²) >= 11 is 5.86. The molecule has 3 heterocycles. The molecule has 124 valence electrons. The van der Waals surface area contributed by atoms with E-state index in [-0.39, 0.29) is 17.7 Å². The van der Waals surface area contributed by atoms with Gasteiger partial charge in [0.1, 0.15) is 5.82 Å². The van der Waals surface area contributed by atoms with E-state index >= 15 is 0 Å². The second-order valence-corrected chi connectivity index (χ2v) is 6.59. The van der Waals surface area contributed by atoms with Crippen LogP contribution in [0.25, 0.3) is 0 Å². The predicted molar refractivity (Wildman–Crippen MR) is 88.4 cm³/mol. The molecule has 23 heavy (non-hydrogen) atoms. The van der Waals surface area contributed by atoms with E-state index in [4.69, 9.17) is 11.6 Å². The van der Waals surface area contributed by atoms with Crippen LogP contribution in [0.1, 0.15) is 12.8 Å². The molecule has 2 amide bonds. The molecule has 7 heteroatoms. The Balaban J connectivity index is 1.55. The van der Waals surface area contributed by atoms with Gasteiger partial charge in [0.2, 0.25) is 11.8 Å². The fraction of sp³-hybridized carbons (Fsp3) is 0.562. The van der Waals surface area contributed by atoms with Gasteiger partial charge < -0.3 is 14.7 Å². The second kappa shape index (κ2) is 6.74. The number of piperidine rings is 1. The quantitative estimate of drug-likeness (QED) is 0.815. The molecule has 0 saturated carbocycles. The number of aromatic nitrogens is 1. The largest absolute Gasteiger partial charge is 0.353 e. The Labute approximate surface area is 141 Å². The molecule has 2 fully saturated rings. The van der Waals surface area contributed by atoms with Crippen molar-refractivity contribution in [2.45, 2.75) is 12.8 Å². The molecule has 1 aromatic heterocycles. The predicted octanol–water partition coefficient (Wildman–Crippen LogP) is 1.25. The highest BCUT2D eigenvalue weighted by Gasteiger charge is 2.32. The summed E-state index contributed by atoms with van der Waals surface area (Å²) in [4.78, 5) is 34.4. The number of halogens is 1. The zero-order valence-corrected chi connectivity index (χ0v) is 14.0. The Morgan fingerprint density at radius 2 is 1.96 bits per heavy atom. The second-order valence-electron chi connectivity index (χ2n) is 6.15. The molecule has 0 radical (unpaired) electrons. The fourth-order valence-electron chi connectivity index (χ4n) is 3.12. The van der Waals surface area contributed by atoms with Crippen molar-refractivity contribution >= 4 is 29.2 Å². The van der Waals surface area contributed by atoms with E-state index in [1.54, 1.807) is 18.1 Å². The lowest BCUT2D eigenvalue weighted by molar-refractivity contribution is -0.144. The molecule has 1 atom stereocenters. The first-order valence-corrected chi connectivity index (χ1v) is 8.31. The van der Waals surface area contributed by atoms with Crippen LogP contribution in [0.15, 0.2) is 18.3 Å². The standard InChI is InChI=1S/C16H21ClN4O2/c1-19-5-4-12(10-15(19)22)16(23)21-8-6-20(7-9-21)14-3-2-13(17)11-18-14/h2-3,11-12H,4-10H2,1H3. The number of likely N-dealkylation sites (tertiary alicyclic amines) is 1. The molecule has 1 unspecified atom stereocenters. The summed E-state index contributed by atoms with van der Waals surface area (Å²) in [6, 6.07) is 3.72. The number of hydrogen-bond donors (Lipinski definition) is 0. The minimum absolute atomic E-state index is 0.0681. The molecule has 6 nitrogen and oxygen atoms in total. The van der Waals surface area contributed by atoms with Crippen LogP contribution in [-0.2, 0) is 9.59 Å². The van der Waals surface area contributed by atoms with Crippen LogP contribution in [0.4, 0.5) is 5.82 Å². The average Bonchev–Trinajstić information content (AvgIpc) is 2.57. The lowest BCUT2D eigenvalue weighted by Crippen LogP contribution is -2.52. The number of hydrogen-bond acceptors (Lipinski definition) is 4. The highest BCUT2D eigenvalue weighted by molar-refractivity contribution is 6.30. The van der Waals surface area contributed by atoms with E-state index in [2.05, 4.69) is 9.88 Å². The van der Waals surface area contributed by atoms with Crippen LogP contribution in [0, 0.1) is 5.92 Å². The van der Waals surface area contributed by atoms with Crippen molar-refractivity contribution in [3.05, 3.63) is 23.4 Å². The summed E-state index contributed by atoms with van der Waals surface area (Å²) in [5, 5.41) is 0.620. The lowest BCUT2D eigenvalue weighted by Gasteiger charge is -2.38. The molecule has 2 saturated heterocycles. The number of amides is 2. The summed E-state index contributed by atoms with van der Waals surface area (Å²) in [5.41, 5.74) is 0. The van der Waals surface area contributed by atoms with Gasteiger partial charge in [-0.3, -0.25) is 9.59 Å². The zero-order chi connectivity index (χ0) is 16.4. The maximum atomic E-state index is 12.6. The van der Waals surface area contributed by atoms with Crippen molar-refractivity contribution in [3.8, 4) is 0 Å². The molecular weight excluding hydrogens is 316 g/mol. The first-order valence-electron chi connectivity index (χ1n) is 7.94. The molecule has 2 aliphatic heterocycles. The van der Waals surface area contributed by atoms with Crippen LogP contribution in [-0.4, -0.2) is 66.4 Å². The first kappa shape index (κ1) is 16.1. The summed E-state index contributed by atoms with van der Waals surface area (Å²) in [5.74, 6) is 0.920. The summed E-state index contributed by atoms with van der Waals surface area (Å²) in [6.07, 6.45) is 2.74. The van der Waals surface area contributed by atoms with Gasteiger partial charge in [-0.2, -0.15) is 0 Å². The molecule has 3 rings (SSSR count). The Bertz CT molecular complexity index is 584. The van der Waals surface area contributed by atoms with E-state index in [1.807, 2.05) is 17.0 Å². The van der Waals surface area contributed by atoms with Crippen molar-refractivity contribution in [1.82, 2.24) is 14.8 Å². The molecule has 0 aliphatic carbocycles. The topological polar surface area (TPSA) is 56.8 Å². The van der Waals surface area contributed by atoms with E-state index in [1.165, 1.54) is 0 Å². The Hall–Kier alpha value is -1.82. The van der Waals surface area contributed by atoms with Crippen LogP contribution in [0.5, 0.6) is 0 Å². The van der Waals surface area contributed by atoms with Gasteiger partial charge in [-0.15, -0.1) is 0 Å². The maximum Gasteiger partial charge on any atom is 0.226 e. The van der Waals surface area contributed by atoms with Gasteiger partial charge in [-0.05, 0) is 18.6 Å². The molecule has 0 spiro atoms. The van der Waals surface area contributed by atoms with Gasteiger partial charge in [0, 0.05) is 58.3 Å². The lowest BCUT2D eigenvalue weighted by atomic mass is 9.94. The fourth-order valence-corrected chi connectivity index (χ4v) is 3.23. The normalized spacial score (nSPS) is 22.4. The number of rotatable bonds is 2. The minimum atomic E-state index is -0.154. The van der Waals surface area contributed by atoms with Gasteiger partial charge in [0.15, 0.2) is 0 Å². The number of anilines is 1. The van der Waals surface area contributed by atoms with Crippen LogP contribution < -0.4 is 4.90 Å². The number of nitrogens with zero attached hydrogens (tertiary/aromatic N) is 4. The van der Waals surface area contributed by atoms with Gasteiger partial charge in [0.05, 0.1) is 5.02 Å². The average molecular weight is 337 g/mol. The van der Waals surface area contributed by atoms with Gasteiger partial charge in [-0.1, -0.05) is 11.6 Å². The minimum Gasteiger partial charge on any atom is -0.353 e. The monoisotopic (exact) mass is 336 g/mol. The van der Waals surface area contributed by atoms with E-state index in [0.717, 1.165) is 25.3 Å². The summed E-state index contributed by atoms with van der Waals surface area (Å²) in [7, 11) is 1.79. The van der Waals surface area contributed by atoms with Gasteiger partial charge >= 0.3 is 0 Å². The van der Waals surface area contributed by atoms with Crippen molar-refractivity contribution in [2.24, 2.45) is 5.92 Å². The van der Waals surface area contributed by atoms with Crippen molar-refractivity contribution < 1.29 is 9.59 Å². The van der Waals surface area contributed by atoms with Gasteiger partial charge in [-0.25, -0.2) is 4.98 Å². The van der Waals surface area contributed by atoms with Crippen LogP contribution in [0.3, 0.4) is 0 Å². The highest BCUT2D eigenvalue weighted by atomic mass is 35.5. The Morgan fingerprint density at radius 1 is 1.22 bits per heavy atom. The first-order chi connectivity index (χ1) is 11.0. The Kier molecular flexibility index (Phi) is 4.71. The third-order valence-corrected chi connectivity index (χ3v) is 4.86. The van der Waals surface area contributed by atoms with Crippen LogP contribution >= 0.6 is 11.6 Å². The number of carbonyl (C=O) groups excluding carboxylic acids is 2. The summed E-state index contributed by atoms with van der Waals surface area (Å²) in [6.45, 7) is 3.51. The SMILES string of the molecule is CN1CCC(C(=O)N2CCN(c3ccc(Cl)cn3)CC2)CC1=O. The highest BCUT2D eigenvalue weighted by Crippen LogP contribution is 2.22. The van der Waals surface area contributed by atoms with Gasteiger partial charge in [0.25, 0.3) is 0 Å². The molecule has 2 aliphatic rings. The molecule has 0 bridgehead atoms. The van der Waals surface area contributed by atoms with Crippen molar-refractivity contribution in [3.63, 3.8) is 0 Å². The van der Waals surface area contributed by atoms with E-state index in [9.17, 15) is 9.59 Å². The molecule has 0 aromatic carbocycles. The molecule has 0 N–H and O–H groups in total. The molecular formula is C16H21ClN4O2. The number of carbonyl (C=O) groups is 2. The van der Waals surface area contributed by atoms with Crippen molar-refractivity contribution in [2.75, 3.05) is 44.7 Å². The molecule has 1 aromatic rings. The van der Waals surface area contributed by atoms with Crippen molar-refractivity contribution in [1.29, 1.82) is 0 Å². The van der Waals surface area contributed by atoms with E-state index in [0.29, 0.717) is 31.1 Å². The Morgan fingerprint density at radius 3 is 2.57 bits per heavy atom. The number of pyridine rings is 1. The third-order valence-electron chi connectivity index (χ3n) is 4.64. The smallest absolute Gasteiger partial charge is 0.226 e. The van der Waals surface area contributed by atoms with E-state index < -0.39 is 0 Å². The van der Waals surface area contributed by atoms with Crippen LogP contribution in [0.2, 0.25) is 5.02 Å².